The average molecular weight is 226 g/mol. The highest BCUT2D eigenvalue weighted by atomic mass is 32.2. The summed E-state index contributed by atoms with van der Waals surface area (Å²) in [6.07, 6.45) is 6.45. The van der Waals surface area contributed by atoms with Crippen LogP contribution in [0.2, 0.25) is 0 Å². The maximum atomic E-state index is 5.22. The van der Waals surface area contributed by atoms with Crippen molar-refractivity contribution in [3.8, 4) is 12.3 Å². The first-order valence-corrected chi connectivity index (χ1v) is 6.92. The summed E-state index contributed by atoms with van der Waals surface area (Å²) in [5.41, 5.74) is 0. The first-order chi connectivity index (χ1) is 7.27. The number of piperazine rings is 1. The van der Waals surface area contributed by atoms with Gasteiger partial charge in [0.05, 0.1) is 5.75 Å². The fourth-order valence-corrected chi connectivity index (χ4v) is 2.52. The third-order valence-corrected chi connectivity index (χ3v) is 3.82. The molecule has 1 fully saturated rings. The first kappa shape index (κ1) is 12.9. The number of hydrogen-bond acceptors (Lipinski definition) is 3. The van der Waals surface area contributed by atoms with Gasteiger partial charge in [0.25, 0.3) is 0 Å². The van der Waals surface area contributed by atoms with E-state index in [1.165, 1.54) is 19.5 Å². The molecular formula is C12H22N2S. The Kier molecular flexibility index (Phi) is 6.16. The average Bonchev–Trinajstić information content (AvgIpc) is 2.26. The van der Waals surface area contributed by atoms with Crippen molar-refractivity contribution in [2.24, 2.45) is 0 Å². The molecule has 0 aliphatic carbocycles. The maximum Gasteiger partial charge on any atom is 0.0545 e. The molecule has 3 heteroatoms. The van der Waals surface area contributed by atoms with Gasteiger partial charge >= 0.3 is 0 Å². The largest absolute Gasteiger partial charge is 0.311 e. The summed E-state index contributed by atoms with van der Waals surface area (Å²) in [4.78, 5) is 2.58. The molecule has 1 N–H and O–H groups in total. The molecule has 1 saturated heterocycles. The minimum Gasteiger partial charge on any atom is -0.311 e. The zero-order valence-corrected chi connectivity index (χ0v) is 10.6. The quantitative estimate of drug-likeness (QED) is 0.564. The number of nitrogens with zero attached hydrogens (tertiary/aromatic N) is 1. The van der Waals surface area contributed by atoms with E-state index in [-0.39, 0.29) is 0 Å². The van der Waals surface area contributed by atoms with Gasteiger partial charge in [0, 0.05) is 37.5 Å². The summed E-state index contributed by atoms with van der Waals surface area (Å²) >= 11 is 1.86. The van der Waals surface area contributed by atoms with Crippen LogP contribution in [0, 0.1) is 12.3 Å². The fourth-order valence-electron chi connectivity index (χ4n) is 1.89. The molecule has 0 saturated carbocycles. The molecule has 2 nitrogen and oxygen atoms in total. The van der Waals surface area contributed by atoms with E-state index in [0.717, 1.165) is 18.1 Å². The molecule has 86 valence electrons. The molecule has 2 unspecified atom stereocenters. The molecule has 0 spiro atoms. The second-order valence-corrected chi connectivity index (χ2v) is 5.22. The predicted molar refractivity (Wildman–Crippen MR) is 69.3 cm³/mol. The van der Waals surface area contributed by atoms with Gasteiger partial charge in [-0.1, -0.05) is 12.8 Å². The molecule has 0 aromatic heterocycles. The van der Waals surface area contributed by atoms with E-state index in [0.29, 0.717) is 12.1 Å². The third kappa shape index (κ3) is 4.46. The molecule has 2 atom stereocenters. The Morgan fingerprint density at radius 1 is 1.60 bits per heavy atom. The van der Waals surface area contributed by atoms with E-state index in [4.69, 9.17) is 6.42 Å². The second kappa shape index (κ2) is 7.16. The zero-order chi connectivity index (χ0) is 11.1. The van der Waals surface area contributed by atoms with Gasteiger partial charge in [0.2, 0.25) is 0 Å². The van der Waals surface area contributed by atoms with Crippen LogP contribution in [0.15, 0.2) is 0 Å². The van der Waals surface area contributed by atoms with Gasteiger partial charge in [0.15, 0.2) is 0 Å². The zero-order valence-electron chi connectivity index (χ0n) is 9.83. The lowest BCUT2D eigenvalue weighted by Gasteiger charge is -2.38. The highest BCUT2D eigenvalue weighted by molar-refractivity contribution is 7.99. The van der Waals surface area contributed by atoms with Crippen LogP contribution in [-0.2, 0) is 0 Å². The van der Waals surface area contributed by atoms with Crippen molar-refractivity contribution in [1.82, 2.24) is 10.2 Å². The summed E-state index contributed by atoms with van der Waals surface area (Å²) in [5.74, 6) is 4.67. The summed E-state index contributed by atoms with van der Waals surface area (Å²) in [6, 6.07) is 1.35. The van der Waals surface area contributed by atoms with Gasteiger partial charge in [-0.25, -0.2) is 0 Å². The van der Waals surface area contributed by atoms with Gasteiger partial charge in [-0.3, -0.25) is 4.90 Å². The third-order valence-electron chi connectivity index (χ3n) is 2.98. The lowest BCUT2D eigenvalue weighted by Crippen LogP contribution is -2.55. The highest BCUT2D eigenvalue weighted by Crippen LogP contribution is 2.10. The van der Waals surface area contributed by atoms with E-state index < -0.39 is 0 Å². The van der Waals surface area contributed by atoms with Crippen molar-refractivity contribution in [2.45, 2.75) is 32.4 Å². The smallest absolute Gasteiger partial charge is 0.0545 e. The summed E-state index contributed by atoms with van der Waals surface area (Å²) in [6.45, 7) is 8.03. The number of rotatable bonds is 5. The standard InChI is InChI=1S/C12H22N2S/c1-4-7-15-8-6-14-10-12(5-2)13-9-11(14)3/h1,11-13H,5-10H2,2-3H3. The maximum absolute atomic E-state index is 5.22. The lowest BCUT2D eigenvalue weighted by molar-refractivity contribution is 0.148. The monoisotopic (exact) mass is 226 g/mol. The fraction of sp³-hybridized carbons (Fsp3) is 0.833. The molecule has 0 radical (unpaired) electrons. The molecule has 15 heavy (non-hydrogen) atoms. The number of terminal acetylenes is 1. The minimum atomic E-state index is 0.666. The molecule has 1 aliphatic rings. The van der Waals surface area contributed by atoms with Gasteiger partial charge in [0.1, 0.15) is 0 Å². The molecule has 0 amide bonds. The van der Waals surface area contributed by atoms with E-state index in [1.807, 2.05) is 11.8 Å². The Bertz CT molecular complexity index is 212. The van der Waals surface area contributed by atoms with Crippen molar-refractivity contribution in [3.05, 3.63) is 0 Å². The van der Waals surface area contributed by atoms with Gasteiger partial charge in [-0.2, -0.15) is 0 Å². The number of thioether (sulfide) groups is 1. The van der Waals surface area contributed by atoms with E-state index in [1.54, 1.807) is 0 Å². The van der Waals surface area contributed by atoms with E-state index in [9.17, 15) is 0 Å². The van der Waals surface area contributed by atoms with Crippen LogP contribution in [0.3, 0.4) is 0 Å². The van der Waals surface area contributed by atoms with Crippen molar-refractivity contribution in [3.63, 3.8) is 0 Å². The molecule has 1 rings (SSSR count). The van der Waals surface area contributed by atoms with Crippen LogP contribution < -0.4 is 5.32 Å². The lowest BCUT2D eigenvalue weighted by atomic mass is 10.1. The Balaban J connectivity index is 2.22. The van der Waals surface area contributed by atoms with E-state index in [2.05, 4.69) is 30.0 Å². The summed E-state index contributed by atoms with van der Waals surface area (Å²) in [5, 5.41) is 3.57. The SMILES string of the molecule is C#CCSCCN1CC(CC)NCC1C. The van der Waals surface area contributed by atoms with Gasteiger partial charge < -0.3 is 5.32 Å². The Hall–Kier alpha value is -0.170. The first-order valence-electron chi connectivity index (χ1n) is 5.76. The summed E-state index contributed by atoms with van der Waals surface area (Å²) < 4.78 is 0. The summed E-state index contributed by atoms with van der Waals surface area (Å²) in [7, 11) is 0. The second-order valence-electron chi connectivity index (χ2n) is 4.11. The topological polar surface area (TPSA) is 15.3 Å². The van der Waals surface area contributed by atoms with Crippen LogP contribution in [-0.4, -0.2) is 48.1 Å². The Morgan fingerprint density at radius 2 is 2.40 bits per heavy atom. The Labute approximate surface area is 98.2 Å². The predicted octanol–water partition coefficient (Wildman–Crippen LogP) is 1.43. The van der Waals surface area contributed by atoms with Gasteiger partial charge in [-0.05, 0) is 13.3 Å². The number of nitrogens with one attached hydrogen (secondary N) is 1. The van der Waals surface area contributed by atoms with Crippen LogP contribution >= 0.6 is 11.8 Å². The molecule has 1 heterocycles. The van der Waals surface area contributed by atoms with Crippen molar-refractivity contribution in [1.29, 1.82) is 0 Å². The number of hydrogen-bond donors (Lipinski definition) is 1. The minimum absolute atomic E-state index is 0.666. The van der Waals surface area contributed by atoms with Crippen LogP contribution in [0.5, 0.6) is 0 Å². The van der Waals surface area contributed by atoms with E-state index >= 15 is 0 Å². The van der Waals surface area contributed by atoms with Crippen molar-refractivity contribution >= 4 is 11.8 Å². The molecule has 0 aromatic carbocycles. The molecule has 1 aliphatic heterocycles. The van der Waals surface area contributed by atoms with Crippen LogP contribution in [0.1, 0.15) is 20.3 Å². The Morgan fingerprint density at radius 3 is 3.07 bits per heavy atom. The van der Waals surface area contributed by atoms with Crippen molar-refractivity contribution in [2.75, 3.05) is 31.1 Å². The molecular weight excluding hydrogens is 204 g/mol. The van der Waals surface area contributed by atoms with Gasteiger partial charge in [-0.15, -0.1) is 18.2 Å². The normalized spacial score (nSPS) is 27.5. The van der Waals surface area contributed by atoms with Crippen molar-refractivity contribution < 1.29 is 0 Å². The highest BCUT2D eigenvalue weighted by Gasteiger charge is 2.22. The molecule has 0 aromatic rings. The van der Waals surface area contributed by atoms with Crippen LogP contribution in [0.25, 0.3) is 0 Å². The van der Waals surface area contributed by atoms with Crippen LogP contribution in [0.4, 0.5) is 0 Å². The molecule has 0 bridgehead atoms.